The molecule has 2 heterocycles. The molecule has 2 saturated heterocycles. The van der Waals surface area contributed by atoms with Crippen LogP contribution in [0.3, 0.4) is 0 Å². The molecule has 2 aliphatic heterocycles. The summed E-state index contributed by atoms with van der Waals surface area (Å²) in [5.41, 5.74) is 3.77. The molecule has 0 aromatic heterocycles. The van der Waals surface area contributed by atoms with Crippen LogP contribution in [-0.4, -0.2) is 57.4 Å². The maximum atomic E-state index is 14.2. The molecule has 2 aromatic carbocycles. The van der Waals surface area contributed by atoms with Crippen LogP contribution < -0.4 is 0 Å². The van der Waals surface area contributed by atoms with E-state index in [1.54, 1.807) is 30.0 Å². The second-order valence-corrected chi connectivity index (χ2v) is 13.4. The number of halogens is 1. The van der Waals surface area contributed by atoms with Gasteiger partial charge in [0.05, 0.1) is 11.8 Å². The van der Waals surface area contributed by atoms with Gasteiger partial charge in [-0.1, -0.05) is 57.9 Å². The van der Waals surface area contributed by atoms with Gasteiger partial charge in [-0.25, -0.2) is 0 Å². The van der Waals surface area contributed by atoms with Crippen molar-refractivity contribution in [2.24, 2.45) is 17.8 Å². The van der Waals surface area contributed by atoms with Crippen LogP contribution in [0.15, 0.2) is 87.4 Å². The molecule has 7 nitrogen and oxygen atoms in total. The molecule has 7 rings (SSSR count). The number of Topliss-reactive ketones (excluding diaryl/α,β-unsaturated/α-hetero) is 1. The van der Waals surface area contributed by atoms with E-state index in [2.05, 4.69) is 33.0 Å². The summed E-state index contributed by atoms with van der Waals surface area (Å²) in [6, 6.07) is 15.2. The first-order valence-corrected chi connectivity index (χ1v) is 15.8. The predicted molar refractivity (Wildman–Crippen MR) is 164 cm³/mol. The molecule has 0 radical (unpaired) electrons. The molecule has 220 valence electrons. The first-order valence-electron chi connectivity index (χ1n) is 15.0. The Labute approximate surface area is 259 Å². The lowest BCUT2D eigenvalue weighted by molar-refractivity contribution is -0.144. The van der Waals surface area contributed by atoms with Crippen molar-refractivity contribution in [3.05, 3.63) is 98.6 Å². The first kappa shape index (κ1) is 28.2. The Morgan fingerprint density at radius 2 is 1.70 bits per heavy atom. The molecule has 4 unspecified atom stereocenters. The van der Waals surface area contributed by atoms with Gasteiger partial charge in [0.25, 0.3) is 0 Å². The summed E-state index contributed by atoms with van der Waals surface area (Å²) in [6.45, 7) is 4.10. The predicted octanol–water partition coefficient (Wildman–Crippen LogP) is 5.25. The van der Waals surface area contributed by atoms with Crippen molar-refractivity contribution < 1.29 is 24.3 Å². The zero-order chi connectivity index (χ0) is 30.0. The number of amides is 2. The van der Waals surface area contributed by atoms with Gasteiger partial charge in [-0.2, -0.15) is 0 Å². The van der Waals surface area contributed by atoms with Crippen LogP contribution in [0, 0.1) is 17.8 Å². The summed E-state index contributed by atoms with van der Waals surface area (Å²) in [5.74, 6) is -2.82. The van der Waals surface area contributed by atoms with Gasteiger partial charge in [0.2, 0.25) is 11.8 Å². The van der Waals surface area contributed by atoms with Crippen molar-refractivity contribution in [2.75, 3.05) is 13.1 Å². The Kier molecular flexibility index (Phi) is 7.09. The number of ketones is 2. The highest BCUT2D eigenvalue weighted by Gasteiger charge is 2.57. The Morgan fingerprint density at radius 1 is 0.953 bits per heavy atom. The minimum Gasteiger partial charge on any atom is -0.508 e. The zero-order valence-electron chi connectivity index (χ0n) is 24.0. The number of phenolic OH excluding ortho intramolecular Hbond substituents is 1. The average Bonchev–Trinajstić information content (AvgIpc) is 3.26. The number of phenols is 1. The molecular formula is C35H33BrN2O5. The number of piperidine rings is 1. The van der Waals surface area contributed by atoms with Gasteiger partial charge < -0.3 is 5.11 Å². The average molecular weight is 642 g/mol. The molecule has 0 saturated carbocycles. The van der Waals surface area contributed by atoms with Crippen molar-refractivity contribution in [2.45, 2.75) is 51.1 Å². The summed E-state index contributed by atoms with van der Waals surface area (Å²) >= 11 is 3.50. The number of likely N-dealkylation sites (tertiary alicyclic amines) is 2. The van der Waals surface area contributed by atoms with Crippen LogP contribution in [0.25, 0.3) is 0 Å². The fraction of sp³-hybridized carbons (Fsp3) is 0.371. The third kappa shape index (κ3) is 4.66. The Bertz CT molecular complexity index is 1650. The summed E-state index contributed by atoms with van der Waals surface area (Å²) in [7, 11) is 0. The molecule has 1 N–H and O–H groups in total. The van der Waals surface area contributed by atoms with Crippen LogP contribution in [0.5, 0.6) is 5.75 Å². The molecule has 0 spiro atoms. The van der Waals surface area contributed by atoms with Crippen LogP contribution in [0.4, 0.5) is 0 Å². The van der Waals surface area contributed by atoms with Gasteiger partial charge in [-0.15, -0.1) is 0 Å². The van der Waals surface area contributed by atoms with E-state index in [1.165, 1.54) is 11.6 Å². The Morgan fingerprint density at radius 3 is 2.44 bits per heavy atom. The molecule has 8 heteroatoms. The Hall–Kier alpha value is -3.62. The minimum atomic E-state index is -0.662. The van der Waals surface area contributed by atoms with Gasteiger partial charge in [-0.05, 0) is 68.4 Å². The topological polar surface area (TPSA) is 95.0 Å². The maximum absolute atomic E-state index is 14.2. The number of nitrogens with zero attached hydrogens (tertiary/aromatic N) is 2. The van der Waals surface area contributed by atoms with E-state index in [9.17, 15) is 24.3 Å². The molecule has 3 aliphatic carbocycles. The van der Waals surface area contributed by atoms with Crippen molar-refractivity contribution >= 4 is 39.3 Å². The zero-order valence-corrected chi connectivity index (χ0v) is 25.5. The largest absolute Gasteiger partial charge is 0.508 e. The lowest BCUT2D eigenvalue weighted by atomic mass is 9.59. The van der Waals surface area contributed by atoms with E-state index in [-0.39, 0.29) is 41.6 Å². The summed E-state index contributed by atoms with van der Waals surface area (Å²) in [6.07, 6.45) is 5.49. The number of rotatable bonds is 4. The van der Waals surface area contributed by atoms with Crippen LogP contribution in [0.1, 0.15) is 49.7 Å². The minimum absolute atomic E-state index is 0.0221. The van der Waals surface area contributed by atoms with E-state index in [0.29, 0.717) is 28.7 Å². The standard InChI is InChI=1S/C35H33BrN2O5/c1-19-15-29(40)27-17-25-23(30(32(27)33(19)41)26-16-21(36)7-10-28(26)39)8-9-24-31(25)35(43)38(34(24)42)22-11-13-37(14-12-22)18-20-5-3-2-4-6-20/h2-8,10,15-16,22,24-25,30-31,39H,9,11-14,17-18H2,1H3. The number of carbonyl (C=O) groups excluding carboxylic acids is 4. The van der Waals surface area contributed by atoms with Gasteiger partial charge in [0.1, 0.15) is 5.75 Å². The van der Waals surface area contributed by atoms with Crippen LogP contribution >= 0.6 is 15.9 Å². The highest BCUT2D eigenvalue weighted by Crippen LogP contribution is 2.56. The lowest BCUT2D eigenvalue weighted by Gasteiger charge is -2.42. The molecule has 0 bridgehead atoms. The highest BCUT2D eigenvalue weighted by molar-refractivity contribution is 9.10. The second kappa shape index (κ2) is 10.8. The molecular weight excluding hydrogens is 608 g/mol. The number of hydrogen-bond acceptors (Lipinski definition) is 6. The van der Waals surface area contributed by atoms with Crippen molar-refractivity contribution in [1.29, 1.82) is 0 Å². The van der Waals surface area contributed by atoms with Crippen LogP contribution in [-0.2, 0) is 25.7 Å². The number of fused-ring (bicyclic) bond motifs is 3. The van der Waals surface area contributed by atoms with Gasteiger partial charge >= 0.3 is 0 Å². The molecule has 2 fully saturated rings. The van der Waals surface area contributed by atoms with Crippen molar-refractivity contribution in [3.8, 4) is 5.75 Å². The third-order valence-electron chi connectivity index (χ3n) is 10.1. The molecule has 2 aromatic rings. The monoisotopic (exact) mass is 640 g/mol. The van der Waals surface area contributed by atoms with Gasteiger partial charge in [-0.3, -0.25) is 29.0 Å². The van der Waals surface area contributed by atoms with E-state index >= 15 is 0 Å². The van der Waals surface area contributed by atoms with Gasteiger partial charge in [0, 0.05) is 58.3 Å². The number of carbonyl (C=O) groups is 4. The third-order valence-corrected chi connectivity index (χ3v) is 10.6. The van der Waals surface area contributed by atoms with E-state index in [4.69, 9.17) is 0 Å². The fourth-order valence-corrected chi connectivity index (χ4v) is 8.41. The summed E-state index contributed by atoms with van der Waals surface area (Å²) < 4.78 is 0.734. The van der Waals surface area contributed by atoms with Crippen LogP contribution in [0.2, 0.25) is 0 Å². The fourth-order valence-electron chi connectivity index (χ4n) is 8.03. The smallest absolute Gasteiger partial charge is 0.233 e. The number of allylic oxidation sites excluding steroid dienone is 6. The molecule has 2 amide bonds. The van der Waals surface area contributed by atoms with E-state index in [1.807, 2.05) is 24.3 Å². The van der Waals surface area contributed by atoms with E-state index in [0.717, 1.165) is 42.5 Å². The van der Waals surface area contributed by atoms with Gasteiger partial charge in [0.15, 0.2) is 11.6 Å². The highest BCUT2D eigenvalue weighted by atomic mass is 79.9. The summed E-state index contributed by atoms with van der Waals surface area (Å²) in [5, 5.41) is 11.0. The normalized spacial score (nSPS) is 28.0. The van der Waals surface area contributed by atoms with Crippen molar-refractivity contribution in [3.63, 3.8) is 0 Å². The molecule has 5 aliphatic rings. The second-order valence-electron chi connectivity index (χ2n) is 12.5. The number of aromatic hydroxyl groups is 1. The quantitative estimate of drug-likeness (QED) is 0.279. The summed E-state index contributed by atoms with van der Waals surface area (Å²) in [4.78, 5) is 58.9. The number of imide groups is 1. The number of benzene rings is 2. The Balaban J connectivity index is 1.19. The molecule has 43 heavy (non-hydrogen) atoms. The van der Waals surface area contributed by atoms with E-state index < -0.39 is 23.7 Å². The lowest BCUT2D eigenvalue weighted by Crippen LogP contribution is -2.47. The maximum Gasteiger partial charge on any atom is 0.233 e. The number of hydrogen-bond donors (Lipinski definition) is 1. The molecule has 4 atom stereocenters. The SMILES string of the molecule is CC1=CC(=O)C2=C(C1=O)C(c1cc(Br)ccc1O)C1=CCC3C(=O)N(C4CCN(Cc5ccccc5)CC4)C(=O)C3C1C2. The van der Waals surface area contributed by atoms with Crippen molar-refractivity contribution in [1.82, 2.24) is 9.80 Å². The first-order chi connectivity index (χ1) is 20.7.